The molecule has 1 aliphatic rings. The number of benzene rings is 2. The summed E-state index contributed by atoms with van der Waals surface area (Å²) in [5, 5.41) is 25.6. The maximum absolute atomic E-state index is 12.0. The highest BCUT2D eigenvalue weighted by molar-refractivity contribution is 7.80. The molecule has 2 aromatic carbocycles. The summed E-state index contributed by atoms with van der Waals surface area (Å²) in [5.74, 6) is -1.50. The van der Waals surface area contributed by atoms with Crippen LogP contribution >= 0.6 is 12.2 Å². The molecule has 0 radical (unpaired) electrons. The Balaban J connectivity index is 1.60. The summed E-state index contributed by atoms with van der Waals surface area (Å²) >= 11 is 5.77. The highest BCUT2D eigenvalue weighted by atomic mass is 32.1. The average molecular weight is 587 g/mol. The van der Waals surface area contributed by atoms with Crippen molar-refractivity contribution in [1.29, 1.82) is 0 Å². The van der Waals surface area contributed by atoms with Crippen LogP contribution in [-0.2, 0) is 4.79 Å². The minimum absolute atomic E-state index is 0.159. The predicted molar refractivity (Wildman–Crippen MR) is 158 cm³/mol. The van der Waals surface area contributed by atoms with Crippen LogP contribution < -0.4 is 20.3 Å². The number of rotatable bonds is 9. The van der Waals surface area contributed by atoms with E-state index in [1.807, 2.05) is 17.0 Å². The Morgan fingerprint density at radius 1 is 1.05 bits per heavy atom. The topological polar surface area (TPSA) is 154 Å². The van der Waals surface area contributed by atoms with Gasteiger partial charge in [-0.15, -0.1) is 0 Å². The number of amides is 1. The van der Waals surface area contributed by atoms with E-state index in [0.29, 0.717) is 45.7 Å². The third kappa shape index (κ3) is 5.52. The number of nitrogens with zero attached hydrogens (tertiary/aromatic N) is 2. The molecule has 214 valence electrons. The summed E-state index contributed by atoms with van der Waals surface area (Å²) < 4.78 is 11.8. The van der Waals surface area contributed by atoms with Gasteiger partial charge < -0.3 is 34.9 Å². The first-order valence-electron chi connectivity index (χ1n) is 12.9. The molecule has 0 bridgehead atoms. The fourth-order valence-electron chi connectivity index (χ4n) is 4.78. The van der Waals surface area contributed by atoms with Crippen molar-refractivity contribution in [2.24, 2.45) is 0 Å². The van der Waals surface area contributed by atoms with E-state index in [1.165, 1.54) is 19.2 Å². The molecule has 1 saturated heterocycles. The van der Waals surface area contributed by atoms with Crippen molar-refractivity contribution >= 4 is 46.6 Å². The van der Waals surface area contributed by atoms with Crippen molar-refractivity contribution in [2.75, 3.05) is 17.3 Å². The highest BCUT2D eigenvalue weighted by Gasteiger charge is 2.43. The van der Waals surface area contributed by atoms with Crippen molar-refractivity contribution in [1.82, 2.24) is 10.3 Å². The van der Waals surface area contributed by atoms with Gasteiger partial charge in [0.15, 0.2) is 5.11 Å². The monoisotopic (exact) mass is 586 g/mol. The van der Waals surface area contributed by atoms with E-state index >= 15 is 0 Å². The number of ether oxygens (including phenoxy) is 1. The Morgan fingerprint density at radius 2 is 1.79 bits per heavy atom. The van der Waals surface area contributed by atoms with Crippen LogP contribution in [-0.4, -0.2) is 45.3 Å². The first-order chi connectivity index (χ1) is 20.2. The average Bonchev–Trinajstić information content (AvgIpc) is 3.62. The maximum atomic E-state index is 12.0. The number of anilines is 2. The summed E-state index contributed by atoms with van der Waals surface area (Å²) in [5.41, 5.74) is 1.80. The number of aromatic carboxylic acids is 2. The SMILES string of the molecule is CCC(=O)Nc1ccc(N2C(=S)N[C@@H](c3ccccn3)[C@H]2c2ccc(-c3cc(C(=O)O)cc(C(=O)O)c3)o2)cc1OC. The lowest BCUT2D eigenvalue weighted by molar-refractivity contribution is -0.115. The van der Waals surface area contributed by atoms with Gasteiger partial charge in [0.1, 0.15) is 23.3 Å². The first kappa shape index (κ1) is 28.3. The van der Waals surface area contributed by atoms with Gasteiger partial charge in [0, 0.05) is 29.9 Å². The standard InChI is InChI=1S/C30H26N4O7S/c1-3-25(35)32-20-8-7-19(15-24(20)40-2)34-27(26(33-30(34)42)21-6-4-5-11-31-21)23-10-9-22(41-23)16-12-17(28(36)37)14-18(13-16)29(38)39/h4-15,26-27H,3H2,1-2H3,(H,32,35)(H,33,42)(H,36,37)(H,38,39)/t26-,27+/m0/s1. The normalized spacial score (nSPS) is 16.1. The Kier molecular flexibility index (Phi) is 7.89. The van der Waals surface area contributed by atoms with Crippen LogP contribution in [0.25, 0.3) is 11.3 Å². The van der Waals surface area contributed by atoms with Crippen LogP contribution in [0.1, 0.15) is 57.6 Å². The smallest absolute Gasteiger partial charge is 0.335 e. The molecule has 1 amide bonds. The molecule has 0 spiro atoms. The van der Waals surface area contributed by atoms with Gasteiger partial charge in [0.25, 0.3) is 0 Å². The van der Waals surface area contributed by atoms with Gasteiger partial charge in [-0.05, 0) is 66.8 Å². The molecule has 0 unspecified atom stereocenters. The number of methoxy groups -OCH3 is 1. The number of pyridine rings is 1. The molecule has 2 aromatic heterocycles. The summed E-state index contributed by atoms with van der Waals surface area (Å²) in [6.45, 7) is 1.75. The minimum atomic E-state index is -1.26. The van der Waals surface area contributed by atoms with Gasteiger partial charge in [-0.25, -0.2) is 9.59 Å². The van der Waals surface area contributed by atoms with E-state index in [2.05, 4.69) is 15.6 Å². The maximum Gasteiger partial charge on any atom is 0.335 e. The molecule has 3 heterocycles. The summed E-state index contributed by atoms with van der Waals surface area (Å²) in [7, 11) is 1.50. The van der Waals surface area contributed by atoms with Crippen LogP contribution in [0.5, 0.6) is 5.75 Å². The molecule has 4 N–H and O–H groups in total. The van der Waals surface area contributed by atoms with Crippen molar-refractivity contribution in [3.05, 3.63) is 95.5 Å². The molecule has 0 aliphatic carbocycles. The van der Waals surface area contributed by atoms with E-state index in [1.54, 1.807) is 49.5 Å². The molecule has 42 heavy (non-hydrogen) atoms. The van der Waals surface area contributed by atoms with E-state index in [4.69, 9.17) is 21.4 Å². The largest absolute Gasteiger partial charge is 0.494 e. The number of aromatic nitrogens is 1. The number of nitrogens with one attached hydrogen (secondary N) is 2. The number of carboxylic acid groups (broad SMARTS) is 2. The van der Waals surface area contributed by atoms with E-state index in [0.717, 1.165) is 6.07 Å². The number of carbonyl (C=O) groups excluding carboxylic acids is 1. The molecular formula is C30H26N4O7S. The van der Waals surface area contributed by atoms with Crippen molar-refractivity contribution in [3.63, 3.8) is 0 Å². The van der Waals surface area contributed by atoms with Gasteiger partial charge in [-0.1, -0.05) is 13.0 Å². The molecule has 0 saturated carbocycles. The summed E-state index contributed by atoms with van der Waals surface area (Å²) in [6, 6.07) is 17.0. The number of thiocarbonyl (C=S) groups is 1. The second kappa shape index (κ2) is 11.7. The fraction of sp³-hybridized carbons (Fsp3) is 0.167. The van der Waals surface area contributed by atoms with E-state index in [-0.39, 0.29) is 22.8 Å². The molecule has 11 nitrogen and oxygen atoms in total. The molecular weight excluding hydrogens is 560 g/mol. The molecule has 1 aliphatic heterocycles. The number of hydrogen-bond donors (Lipinski definition) is 4. The zero-order chi connectivity index (χ0) is 30.0. The van der Waals surface area contributed by atoms with E-state index < -0.39 is 24.0 Å². The number of carbonyl (C=O) groups is 3. The fourth-order valence-corrected chi connectivity index (χ4v) is 5.12. The third-order valence-electron chi connectivity index (χ3n) is 6.79. The van der Waals surface area contributed by atoms with Crippen LogP contribution in [0.2, 0.25) is 0 Å². The number of furan rings is 1. The van der Waals surface area contributed by atoms with Gasteiger partial charge >= 0.3 is 11.9 Å². The Hall–Kier alpha value is -5.23. The molecule has 5 rings (SSSR count). The van der Waals surface area contributed by atoms with Crippen LogP contribution in [0.3, 0.4) is 0 Å². The van der Waals surface area contributed by atoms with Crippen molar-refractivity contribution in [3.8, 4) is 17.1 Å². The van der Waals surface area contributed by atoms with Gasteiger partial charge in [-0.2, -0.15) is 0 Å². The number of hydrogen-bond acceptors (Lipinski definition) is 7. The van der Waals surface area contributed by atoms with Crippen LogP contribution in [0, 0.1) is 0 Å². The summed E-state index contributed by atoms with van der Waals surface area (Å²) in [4.78, 5) is 41.7. The number of carboxylic acids is 2. The third-order valence-corrected chi connectivity index (χ3v) is 7.10. The van der Waals surface area contributed by atoms with Crippen molar-refractivity contribution < 1.29 is 33.8 Å². The Labute approximate surface area is 245 Å². The Morgan fingerprint density at radius 3 is 2.40 bits per heavy atom. The lowest BCUT2D eigenvalue weighted by atomic mass is 10.0. The van der Waals surface area contributed by atoms with Crippen LogP contribution in [0.15, 0.2) is 77.3 Å². The molecule has 2 atom stereocenters. The zero-order valence-electron chi connectivity index (χ0n) is 22.5. The van der Waals surface area contributed by atoms with Gasteiger partial charge in [0.2, 0.25) is 5.91 Å². The lowest BCUT2D eigenvalue weighted by Crippen LogP contribution is -2.29. The minimum Gasteiger partial charge on any atom is -0.494 e. The van der Waals surface area contributed by atoms with Crippen LogP contribution in [0.4, 0.5) is 11.4 Å². The quantitative estimate of drug-likeness (QED) is 0.190. The van der Waals surface area contributed by atoms with E-state index in [9.17, 15) is 24.6 Å². The van der Waals surface area contributed by atoms with Gasteiger partial charge in [0.05, 0.1) is 35.7 Å². The summed E-state index contributed by atoms with van der Waals surface area (Å²) in [6.07, 6.45) is 1.98. The second-order valence-electron chi connectivity index (χ2n) is 9.39. The Bertz CT molecular complexity index is 1660. The zero-order valence-corrected chi connectivity index (χ0v) is 23.3. The predicted octanol–water partition coefficient (Wildman–Crippen LogP) is 5.27. The first-order valence-corrected chi connectivity index (χ1v) is 13.3. The highest BCUT2D eigenvalue weighted by Crippen LogP contribution is 2.44. The molecule has 1 fully saturated rings. The van der Waals surface area contributed by atoms with Gasteiger partial charge in [-0.3, -0.25) is 9.78 Å². The second-order valence-corrected chi connectivity index (χ2v) is 9.78. The lowest BCUT2D eigenvalue weighted by Gasteiger charge is -2.27. The molecule has 4 aromatic rings. The van der Waals surface area contributed by atoms with Crippen molar-refractivity contribution in [2.45, 2.75) is 25.4 Å². The molecule has 12 heteroatoms.